The molecule has 2 amide bonds. The van der Waals surface area contributed by atoms with Gasteiger partial charge in [0, 0.05) is 51.1 Å². The van der Waals surface area contributed by atoms with Gasteiger partial charge in [-0.05, 0) is 42.4 Å². The summed E-state index contributed by atoms with van der Waals surface area (Å²) in [7, 11) is 5.52. The first-order valence-corrected chi connectivity index (χ1v) is 17.6. The molecule has 1 saturated carbocycles. The van der Waals surface area contributed by atoms with Crippen LogP contribution in [0.25, 0.3) is 17.2 Å². The molecule has 3 atom stereocenters. The summed E-state index contributed by atoms with van der Waals surface area (Å²) in [5, 5.41) is 6.42. The van der Waals surface area contributed by atoms with Gasteiger partial charge in [-0.25, -0.2) is 9.97 Å². The van der Waals surface area contributed by atoms with E-state index in [-0.39, 0.29) is 48.6 Å². The van der Waals surface area contributed by atoms with Crippen molar-refractivity contribution in [2.75, 3.05) is 43.7 Å². The Labute approximate surface area is 302 Å². The first-order valence-electron chi connectivity index (χ1n) is 17.2. The smallest absolute Gasteiger partial charge is 0.380 e. The lowest BCUT2D eigenvalue weighted by atomic mass is 9.78. The number of hydrogen-bond donors (Lipinski definition) is 2. The number of rotatable bonds is 10. The summed E-state index contributed by atoms with van der Waals surface area (Å²) < 4.78 is 47.7. The fraction of sp³-hybridized carbons (Fsp3) is 0.568. The van der Waals surface area contributed by atoms with Crippen LogP contribution < -0.4 is 20.4 Å². The minimum absolute atomic E-state index is 0.0312. The quantitative estimate of drug-likeness (QED) is 0.226. The zero-order chi connectivity index (χ0) is 37.6. The van der Waals surface area contributed by atoms with E-state index < -0.39 is 29.5 Å². The molecule has 14 heteroatoms. The fourth-order valence-corrected chi connectivity index (χ4v) is 7.36. The van der Waals surface area contributed by atoms with Crippen molar-refractivity contribution < 1.29 is 27.5 Å². The van der Waals surface area contributed by atoms with Gasteiger partial charge in [-0.2, -0.15) is 13.2 Å². The van der Waals surface area contributed by atoms with Gasteiger partial charge in [-0.15, -0.1) is 0 Å². The zero-order valence-corrected chi connectivity index (χ0v) is 31.4. The highest BCUT2D eigenvalue weighted by molar-refractivity contribution is 6.34. The van der Waals surface area contributed by atoms with Crippen LogP contribution in [-0.4, -0.2) is 72.4 Å². The summed E-state index contributed by atoms with van der Waals surface area (Å²) in [4.78, 5) is 40.3. The number of imidazole rings is 1. The summed E-state index contributed by atoms with van der Waals surface area (Å²) >= 11 is 7.01. The van der Waals surface area contributed by atoms with E-state index in [4.69, 9.17) is 26.3 Å². The van der Waals surface area contributed by atoms with Crippen molar-refractivity contribution in [2.24, 2.45) is 29.7 Å². The number of aromatic nitrogens is 3. The number of aryl methyl sites for hydroxylation is 1. The second-order valence-electron chi connectivity index (χ2n) is 15.6. The summed E-state index contributed by atoms with van der Waals surface area (Å²) in [6.45, 7) is 15.3. The fourth-order valence-electron chi connectivity index (χ4n) is 7.00. The molecule has 2 fully saturated rings. The Morgan fingerprint density at radius 2 is 1.86 bits per heavy atom. The Kier molecular flexibility index (Phi) is 10.8. The Bertz CT molecular complexity index is 1820. The topological polar surface area (TPSA) is 105 Å². The lowest BCUT2D eigenvalue weighted by Gasteiger charge is -2.41. The van der Waals surface area contributed by atoms with Crippen LogP contribution in [0, 0.1) is 22.7 Å². The van der Waals surface area contributed by atoms with E-state index in [1.807, 2.05) is 68.4 Å². The molecular weight excluding hydrogens is 683 g/mol. The van der Waals surface area contributed by atoms with Crippen molar-refractivity contribution >= 4 is 58.1 Å². The number of ether oxygens (including phenoxy) is 1. The number of fused-ring (bicyclic) bond motifs is 1. The molecule has 51 heavy (non-hydrogen) atoms. The number of nitrogens with one attached hydrogen (secondary N) is 2. The summed E-state index contributed by atoms with van der Waals surface area (Å²) in [5.41, 5.74) is 2.66. The first kappa shape index (κ1) is 38.4. The zero-order valence-electron chi connectivity index (χ0n) is 30.7. The largest absolute Gasteiger partial charge is 0.391 e. The van der Waals surface area contributed by atoms with Crippen LogP contribution in [0.2, 0.25) is 5.02 Å². The van der Waals surface area contributed by atoms with Crippen LogP contribution in [0.1, 0.15) is 75.4 Å². The number of benzene rings is 1. The predicted molar refractivity (Wildman–Crippen MR) is 195 cm³/mol. The van der Waals surface area contributed by atoms with E-state index in [1.54, 1.807) is 19.1 Å². The molecule has 1 saturated heterocycles. The number of hydrogen-bond acceptors (Lipinski definition) is 7. The third-order valence-electron chi connectivity index (χ3n) is 10.1. The van der Waals surface area contributed by atoms with Gasteiger partial charge in [0.1, 0.15) is 11.3 Å². The maximum absolute atomic E-state index is 14.0. The second-order valence-corrected chi connectivity index (χ2v) is 16.0. The molecule has 10 nitrogen and oxygen atoms in total. The molecule has 3 heterocycles. The molecule has 1 unspecified atom stereocenters. The number of nitrogens with zero attached hydrogens (tertiary/aromatic N) is 5. The summed E-state index contributed by atoms with van der Waals surface area (Å²) in [6.07, 6.45) is -2.39. The molecule has 2 aliphatic rings. The molecule has 0 bridgehead atoms. The molecule has 0 radical (unpaired) electrons. The third kappa shape index (κ3) is 7.99. The number of amides is 2. The highest BCUT2D eigenvalue weighted by atomic mass is 35.5. The normalized spacial score (nSPS) is 20.4. The lowest BCUT2D eigenvalue weighted by Crippen LogP contribution is -2.48. The molecule has 1 aliphatic heterocycles. The van der Waals surface area contributed by atoms with E-state index >= 15 is 0 Å². The maximum atomic E-state index is 14.0. The van der Waals surface area contributed by atoms with Crippen LogP contribution in [0.3, 0.4) is 0 Å². The highest BCUT2D eigenvalue weighted by Gasteiger charge is 2.44. The molecule has 3 aromatic rings. The van der Waals surface area contributed by atoms with E-state index in [1.165, 1.54) is 0 Å². The Hall–Kier alpha value is -3.84. The van der Waals surface area contributed by atoms with Crippen LogP contribution in [-0.2, 0) is 23.1 Å². The van der Waals surface area contributed by atoms with Gasteiger partial charge in [-0.1, -0.05) is 71.0 Å². The SMILES string of the molecule is C=Cc1ccc(CNC(=O)C(C)(C)C)c(Cl)c1N(C)c1nc2cc(C(=O)NC3CC[C@@H](C(F)(F)F)C[C@H]3C)c(N(C)CC3(C)COC3)nc2n1C. The number of alkyl halides is 3. The van der Waals surface area contributed by atoms with Crippen molar-refractivity contribution in [3.63, 3.8) is 0 Å². The van der Waals surface area contributed by atoms with E-state index in [0.717, 1.165) is 5.56 Å². The van der Waals surface area contributed by atoms with Crippen molar-refractivity contribution in [3.8, 4) is 0 Å². The lowest BCUT2D eigenvalue weighted by molar-refractivity contribution is -0.186. The van der Waals surface area contributed by atoms with Gasteiger partial charge in [0.2, 0.25) is 11.9 Å². The third-order valence-corrected chi connectivity index (χ3v) is 10.5. The van der Waals surface area contributed by atoms with Gasteiger partial charge in [0.05, 0.1) is 35.4 Å². The Balaban J connectivity index is 1.51. The van der Waals surface area contributed by atoms with Gasteiger partial charge in [0.15, 0.2) is 5.65 Å². The number of halogens is 4. The molecule has 1 aromatic carbocycles. The summed E-state index contributed by atoms with van der Waals surface area (Å²) in [6, 6.07) is 5.02. The monoisotopic (exact) mass is 731 g/mol. The Morgan fingerprint density at radius 1 is 1.18 bits per heavy atom. The molecule has 5 rings (SSSR count). The van der Waals surface area contributed by atoms with E-state index in [9.17, 15) is 22.8 Å². The molecule has 278 valence electrons. The van der Waals surface area contributed by atoms with Crippen LogP contribution in [0.5, 0.6) is 0 Å². The van der Waals surface area contributed by atoms with Gasteiger partial charge in [-0.3, -0.25) is 14.2 Å². The highest BCUT2D eigenvalue weighted by Crippen LogP contribution is 2.41. The molecular formula is C37H49ClF3N7O3. The second kappa shape index (κ2) is 14.3. The number of carbonyl (C=O) groups excluding carboxylic acids is 2. The molecule has 0 spiro atoms. The molecule has 1 aliphatic carbocycles. The van der Waals surface area contributed by atoms with Crippen LogP contribution >= 0.6 is 11.6 Å². The van der Waals surface area contributed by atoms with Crippen molar-refractivity contribution in [1.29, 1.82) is 0 Å². The first-order chi connectivity index (χ1) is 23.7. The average Bonchev–Trinajstić information content (AvgIpc) is 3.37. The number of anilines is 3. The van der Waals surface area contributed by atoms with Crippen molar-refractivity contribution in [3.05, 3.63) is 46.5 Å². The summed E-state index contributed by atoms with van der Waals surface area (Å²) in [5.74, 6) is -1.31. The molecule has 2 aromatic heterocycles. The van der Waals surface area contributed by atoms with Crippen molar-refractivity contribution in [1.82, 2.24) is 25.2 Å². The molecule has 2 N–H and O–H groups in total. The minimum atomic E-state index is -4.25. The van der Waals surface area contributed by atoms with Gasteiger partial charge in [0.25, 0.3) is 5.91 Å². The van der Waals surface area contributed by atoms with E-state index in [2.05, 4.69) is 24.1 Å². The average molecular weight is 732 g/mol. The predicted octanol–water partition coefficient (Wildman–Crippen LogP) is 7.26. The minimum Gasteiger partial charge on any atom is -0.380 e. The number of carbonyl (C=O) groups is 2. The van der Waals surface area contributed by atoms with E-state index in [0.29, 0.717) is 59.0 Å². The van der Waals surface area contributed by atoms with Crippen LogP contribution in [0.15, 0.2) is 24.8 Å². The number of pyridine rings is 1. The maximum Gasteiger partial charge on any atom is 0.391 e. The van der Waals surface area contributed by atoms with Gasteiger partial charge >= 0.3 is 6.18 Å². The standard InChI is InChI=1S/C37H49ClF3N7O3/c1-10-22-11-12-23(17-42-33(50)35(3,4)5)28(38)29(22)47(8)34-44-27-16-25(32(49)43-26-14-13-24(15-21(26)2)37(39,40)41)30(45-31(27)48(34)9)46(7)18-36(6)19-51-20-36/h10-12,16,21,24,26H,1,13-15,17-20H2,2-9H3,(H,42,50)(H,43,49)/t21-,24-,26?/m1/s1. The Morgan fingerprint density at radius 3 is 2.43 bits per heavy atom. The van der Waals surface area contributed by atoms with Gasteiger partial charge < -0.3 is 25.2 Å². The van der Waals surface area contributed by atoms with Crippen molar-refractivity contribution in [2.45, 2.75) is 72.6 Å². The van der Waals surface area contributed by atoms with Crippen LogP contribution in [0.4, 0.5) is 30.6 Å².